The molecule has 0 bridgehead atoms. The zero-order chi connectivity index (χ0) is 21.8. The van der Waals surface area contributed by atoms with Crippen LogP contribution >= 0.6 is 0 Å². The topological polar surface area (TPSA) is 110 Å². The minimum absolute atomic E-state index is 0.00553. The molecule has 2 aliphatic heterocycles. The monoisotopic (exact) mass is 460 g/mol. The zero-order valence-electron chi connectivity index (χ0n) is 17.0. The van der Waals surface area contributed by atoms with Gasteiger partial charge in [-0.2, -0.15) is 4.31 Å². The van der Waals surface area contributed by atoms with Gasteiger partial charge in [0, 0.05) is 25.7 Å². The maximum atomic E-state index is 13.3. The van der Waals surface area contributed by atoms with E-state index in [4.69, 9.17) is 4.74 Å². The quantitative estimate of drug-likeness (QED) is 0.512. The number of carbonyl (C=O) groups excluding carboxylic acids is 1. The summed E-state index contributed by atoms with van der Waals surface area (Å²) in [5.74, 6) is -0.721. The molecule has 1 aromatic carbocycles. The van der Waals surface area contributed by atoms with Gasteiger partial charge in [-0.1, -0.05) is 0 Å². The highest BCUT2D eigenvalue weighted by Gasteiger charge is 2.38. The Morgan fingerprint density at radius 2 is 1.90 bits per heavy atom. The molecule has 2 fully saturated rings. The molecule has 0 spiro atoms. The van der Waals surface area contributed by atoms with Crippen molar-refractivity contribution in [1.29, 1.82) is 0 Å². The average molecular weight is 461 g/mol. The third-order valence-electron chi connectivity index (χ3n) is 5.45. The molecule has 0 amide bonds. The van der Waals surface area contributed by atoms with Crippen LogP contribution in [0.5, 0.6) is 0 Å². The van der Waals surface area contributed by atoms with Gasteiger partial charge in [0.05, 0.1) is 42.3 Å². The molecular formula is C19H28N2O7S2. The smallest absolute Gasteiger partial charge is 0.337 e. The number of esters is 1. The molecule has 2 heterocycles. The molecule has 0 aromatic heterocycles. The predicted molar refractivity (Wildman–Crippen MR) is 111 cm³/mol. The lowest BCUT2D eigenvalue weighted by atomic mass is 10.2. The number of hydrogen-bond acceptors (Lipinski definition) is 8. The Bertz CT molecular complexity index is 940. The second kappa shape index (κ2) is 9.73. The van der Waals surface area contributed by atoms with E-state index < -0.39 is 31.9 Å². The summed E-state index contributed by atoms with van der Waals surface area (Å²) >= 11 is 0. The van der Waals surface area contributed by atoms with Crippen LogP contribution in [0.3, 0.4) is 0 Å². The summed E-state index contributed by atoms with van der Waals surface area (Å²) in [5, 5.41) is 0. The summed E-state index contributed by atoms with van der Waals surface area (Å²) in [4.78, 5) is 13.9. The van der Waals surface area contributed by atoms with Crippen molar-refractivity contribution in [3.8, 4) is 0 Å². The molecule has 2 saturated heterocycles. The molecule has 0 aliphatic carbocycles. The number of benzene rings is 1. The maximum absolute atomic E-state index is 13.3. The highest BCUT2D eigenvalue weighted by Crippen LogP contribution is 2.26. The minimum atomic E-state index is -3.91. The normalized spacial score (nSPS) is 22.3. The maximum Gasteiger partial charge on any atom is 0.337 e. The van der Waals surface area contributed by atoms with Gasteiger partial charge in [-0.15, -0.1) is 0 Å². The first-order valence-corrected chi connectivity index (χ1v) is 13.2. The Hall–Kier alpha value is -1.53. The third kappa shape index (κ3) is 5.58. The van der Waals surface area contributed by atoms with E-state index in [0.29, 0.717) is 26.1 Å². The van der Waals surface area contributed by atoms with Crippen LogP contribution in [0.15, 0.2) is 29.2 Å². The molecule has 1 atom stereocenters. The summed E-state index contributed by atoms with van der Waals surface area (Å²) in [5.41, 5.74) is 0.249. The summed E-state index contributed by atoms with van der Waals surface area (Å²) < 4.78 is 62.0. The lowest BCUT2D eigenvalue weighted by molar-refractivity contribution is 0.0367. The molecule has 2 aliphatic rings. The number of rotatable bonds is 8. The van der Waals surface area contributed by atoms with Crippen LogP contribution in [0.4, 0.5) is 0 Å². The van der Waals surface area contributed by atoms with Crippen LogP contribution in [-0.2, 0) is 29.3 Å². The Morgan fingerprint density at radius 3 is 2.47 bits per heavy atom. The first-order valence-electron chi connectivity index (χ1n) is 9.94. The second-order valence-corrected chi connectivity index (χ2v) is 11.6. The molecule has 168 valence electrons. The zero-order valence-corrected chi connectivity index (χ0v) is 18.7. The van der Waals surface area contributed by atoms with E-state index in [1.165, 1.54) is 35.7 Å². The third-order valence-corrected chi connectivity index (χ3v) is 9.17. The number of nitrogens with zero attached hydrogens (tertiary/aromatic N) is 2. The van der Waals surface area contributed by atoms with E-state index >= 15 is 0 Å². The van der Waals surface area contributed by atoms with Crippen molar-refractivity contribution in [3.05, 3.63) is 29.8 Å². The molecule has 0 saturated carbocycles. The van der Waals surface area contributed by atoms with Crippen molar-refractivity contribution in [1.82, 2.24) is 9.21 Å². The molecule has 1 aromatic rings. The summed E-state index contributed by atoms with van der Waals surface area (Å²) in [7, 11) is -5.90. The number of ether oxygens (including phenoxy) is 2. The fourth-order valence-corrected chi connectivity index (χ4v) is 7.31. The van der Waals surface area contributed by atoms with Gasteiger partial charge in [-0.25, -0.2) is 21.6 Å². The van der Waals surface area contributed by atoms with E-state index in [-0.39, 0.29) is 28.5 Å². The SMILES string of the molecule is COC(=O)c1ccc(S(=O)(=O)N(CCCN2CCOCC2)C2CCS(=O)(=O)C2)cc1. The van der Waals surface area contributed by atoms with Crippen molar-refractivity contribution < 1.29 is 31.1 Å². The van der Waals surface area contributed by atoms with Gasteiger partial charge in [0.2, 0.25) is 10.0 Å². The van der Waals surface area contributed by atoms with Crippen molar-refractivity contribution >= 4 is 25.8 Å². The number of hydrogen-bond donors (Lipinski definition) is 0. The largest absolute Gasteiger partial charge is 0.465 e. The lowest BCUT2D eigenvalue weighted by Crippen LogP contribution is -2.43. The highest BCUT2D eigenvalue weighted by molar-refractivity contribution is 7.92. The predicted octanol–water partition coefficient (Wildman–Crippen LogP) is 0.373. The van der Waals surface area contributed by atoms with Crippen LogP contribution in [0.25, 0.3) is 0 Å². The van der Waals surface area contributed by atoms with E-state index in [2.05, 4.69) is 9.64 Å². The molecule has 11 heteroatoms. The standard InChI is InChI=1S/C19H28N2O7S2/c1-27-19(22)16-3-5-18(6-4-16)30(25,26)21(17-7-14-29(23,24)15-17)9-2-8-20-10-12-28-13-11-20/h3-6,17H,2,7-15H2,1H3. The lowest BCUT2D eigenvalue weighted by Gasteiger charge is -2.30. The average Bonchev–Trinajstić information content (AvgIpc) is 3.10. The Labute approximate surface area is 177 Å². The molecule has 0 N–H and O–H groups in total. The fourth-order valence-electron chi connectivity index (χ4n) is 3.79. The van der Waals surface area contributed by atoms with E-state index in [0.717, 1.165) is 19.6 Å². The molecule has 1 unspecified atom stereocenters. The molecule has 3 rings (SSSR count). The molecule has 0 radical (unpaired) electrons. The number of morpholine rings is 1. The molecule has 30 heavy (non-hydrogen) atoms. The van der Waals surface area contributed by atoms with Crippen LogP contribution in [0.1, 0.15) is 23.2 Å². The van der Waals surface area contributed by atoms with E-state index in [1.807, 2.05) is 0 Å². The van der Waals surface area contributed by atoms with Crippen LogP contribution in [0, 0.1) is 0 Å². The Kier molecular flexibility index (Phi) is 7.51. The number of methoxy groups -OCH3 is 1. The van der Waals surface area contributed by atoms with Gasteiger partial charge in [0.1, 0.15) is 0 Å². The fraction of sp³-hybridized carbons (Fsp3) is 0.632. The van der Waals surface area contributed by atoms with Gasteiger partial charge in [-0.05, 0) is 43.7 Å². The van der Waals surface area contributed by atoms with Crippen molar-refractivity contribution in [2.24, 2.45) is 0 Å². The first kappa shape index (κ1) is 23.1. The number of carbonyl (C=O) groups is 1. The van der Waals surface area contributed by atoms with Crippen LogP contribution in [-0.4, -0.2) is 96.1 Å². The Balaban J connectivity index is 1.77. The van der Waals surface area contributed by atoms with Gasteiger partial charge in [-0.3, -0.25) is 4.90 Å². The number of sulfonamides is 1. The summed E-state index contributed by atoms with van der Waals surface area (Å²) in [6.07, 6.45) is 0.884. The summed E-state index contributed by atoms with van der Waals surface area (Å²) in [6, 6.07) is 4.94. The van der Waals surface area contributed by atoms with Gasteiger partial charge in [0.25, 0.3) is 0 Å². The second-order valence-electron chi connectivity index (χ2n) is 7.50. The van der Waals surface area contributed by atoms with Crippen LogP contribution < -0.4 is 0 Å². The van der Waals surface area contributed by atoms with Gasteiger partial charge >= 0.3 is 5.97 Å². The van der Waals surface area contributed by atoms with Crippen LogP contribution in [0.2, 0.25) is 0 Å². The highest BCUT2D eigenvalue weighted by atomic mass is 32.2. The minimum Gasteiger partial charge on any atom is -0.465 e. The van der Waals surface area contributed by atoms with E-state index in [1.54, 1.807) is 0 Å². The van der Waals surface area contributed by atoms with Crippen molar-refractivity contribution in [3.63, 3.8) is 0 Å². The van der Waals surface area contributed by atoms with Gasteiger partial charge < -0.3 is 9.47 Å². The summed E-state index contributed by atoms with van der Waals surface area (Å²) in [6.45, 7) is 3.89. The Morgan fingerprint density at radius 1 is 1.23 bits per heavy atom. The van der Waals surface area contributed by atoms with Crippen molar-refractivity contribution in [2.45, 2.75) is 23.8 Å². The first-order chi connectivity index (χ1) is 14.2. The molecule has 9 nitrogen and oxygen atoms in total. The van der Waals surface area contributed by atoms with E-state index in [9.17, 15) is 21.6 Å². The number of sulfone groups is 1. The van der Waals surface area contributed by atoms with Crippen molar-refractivity contribution in [2.75, 3.05) is 58.0 Å². The molecular weight excluding hydrogens is 432 g/mol. The van der Waals surface area contributed by atoms with Gasteiger partial charge in [0.15, 0.2) is 9.84 Å².